The van der Waals surface area contributed by atoms with Gasteiger partial charge in [-0.25, -0.2) is 4.79 Å². The number of benzene rings is 2. The van der Waals surface area contributed by atoms with Crippen molar-refractivity contribution in [3.8, 4) is 17.2 Å². The first-order valence-corrected chi connectivity index (χ1v) is 11.7. The third-order valence-electron chi connectivity index (χ3n) is 5.58. The van der Waals surface area contributed by atoms with Crippen molar-refractivity contribution in [3.63, 3.8) is 0 Å². The van der Waals surface area contributed by atoms with Crippen molar-refractivity contribution in [2.75, 3.05) is 31.9 Å². The van der Waals surface area contributed by atoms with Crippen LogP contribution in [0.1, 0.15) is 45.1 Å². The van der Waals surface area contributed by atoms with Crippen LogP contribution in [-0.4, -0.2) is 32.7 Å². The van der Waals surface area contributed by atoms with E-state index in [0.29, 0.717) is 6.61 Å². The van der Waals surface area contributed by atoms with Gasteiger partial charge in [0.2, 0.25) is 0 Å². The summed E-state index contributed by atoms with van der Waals surface area (Å²) in [5.41, 5.74) is 1.20. The number of cyclic esters (lactones) is 1. The summed E-state index contributed by atoms with van der Waals surface area (Å²) in [6.45, 7) is 4.72. The Morgan fingerprint density at radius 1 is 1.00 bits per heavy atom. The van der Waals surface area contributed by atoms with Crippen LogP contribution >= 0.6 is 11.8 Å². The fourth-order valence-corrected chi connectivity index (χ4v) is 4.67. The van der Waals surface area contributed by atoms with Gasteiger partial charge in [-0.1, -0.05) is 13.8 Å². The van der Waals surface area contributed by atoms with Gasteiger partial charge in [0.25, 0.3) is 0 Å². The van der Waals surface area contributed by atoms with Gasteiger partial charge < -0.3 is 18.9 Å². The highest BCUT2D eigenvalue weighted by Crippen LogP contribution is 2.42. The molecule has 0 spiro atoms. The molecule has 0 bridgehead atoms. The average Bonchev–Trinajstić information content (AvgIpc) is 2.80. The van der Waals surface area contributed by atoms with Crippen molar-refractivity contribution in [3.05, 3.63) is 42.0 Å². The molecule has 0 saturated heterocycles. The SMILES string of the molecule is CCC1(CC)OC(=O)Nc2ccc(OCCCCSc3ccc(OC)c(OC)c3)cc21. The first-order valence-electron chi connectivity index (χ1n) is 10.7. The van der Waals surface area contributed by atoms with Gasteiger partial charge >= 0.3 is 6.09 Å². The number of ether oxygens (including phenoxy) is 4. The monoisotopic (exact) mass is 445 g/mol. The molecule has 0 radical (unpaired) electrons. The maximum Gasteiger partial charge on any atom is 0.412 e. The number of methoxy groups -OCH3 is 2. The van der Waals surface area contributed by atoms with Crippen LogP contribution in [0.2, 0.25) is 0 Å². The standard InChI is InChI=1S/C24H31NO5S/c1-5-24(6-2)19-15-17(9-11-20(19)25-23(26)30-24)29-13-7-8-14-31-18-10-12-21(27-3)22(16-18)28-4/h9-12,15-16H,5-8,13-14H2,1-4H3,(H,25,26). The highest BCUT2D eigenvalue weighted by molar-refractivity contribution is 7.99. The van der Waals surface area contributed by atoms with Gasteiger partial charge in [-0.15, -0.1) is 11.8 Å². The van der Waals surface area contributed by atoms with Crippen LogP contribution in [0.15, 0.2) is 41.3 Å². The van der Waals surface area contributed by atoms with Gasteiger partial charge in [0.05, 0.1) is 26.5 Å². The lowest BCUT2D eigenvalue weighted by Gasteiger charge is -2.37. The van der Waals surface area contributed by atoms with Gasteiger partial charge in [-0.3, -0.25) is 5.32 Å². The highest BCUT2D eigenvalue weighted by Gasteiger charge is 2.39. The number of carbonyl (C=O) groups is 1. The van der Waals surface area contributed by atoms with Gasteiger partial charge in [-0.2, -0.15) is 0 Å². The minimum atomic E-state index is -0.590. The minimum Gasteiger partial charge on any atom is -0.494 e. The van der Waals surface area contributed by atoms with Crippen molar-refractivity contribution < 1.29 is 23.7 Å². The quantitative estimate of drug-likeness (QED) is 0.327. The third-order valence-corrected chi connectivity index (χ3v) is 6.66. The van der Waals surface area contributed by atoms with E-state index < -0.39 is 11.7 Å². The van der Waals surface area contributed by atoms with Crippen LogP contribution in [0.5, 0.6) is 17.2 Å². The van der Waals surface area contributed by atoms with E-state index in [9.17, 15) is 4.79 Å². The van der Waals surface area contributed by atoms with Crippen molar-refractivity contribution in [2.45, 2.75) is 50.0 Å². The summed E-state index contributed by atoms with van der Waals surface area (Å²) >= 11 is 1.79. The van der Waals surface area contributed by atoms with Crippen molar-refractivity contribution in [1.82, 2.24) is 0 Å². The normalized spacial score (nSPS) is 14.3. The molecule has 1 aliphatic rings. The molecule has 2 aromatic carbocycles. The number of thioether (sulfide) groups is 1. The molecule has 3 rings (SSSR count). The summed E-state index contributed by atoms with van der Waals surface area (Å²) in [6.07, 6.45) is 3.05. The fourth-order valence-electron chi connectivity index (χ4n) is 3.73. The predicted molar refractivity (Wildman–Crippen MR) is 124 cm³/mol. The molecule has 168 valence electrons. The number of anilines is 1. The van der Waals surface area contributed by atoms with E-state index >= 15 is 0 Å². The Balaban J connectivity index is 1.49. The van der Waals surface area contributed by atoms with Crippen LogP contribution in [0.4, 0.5) is 10.5 Å². The Morgan fingerprint density at radius 3 is 2.48 bits per heavy atom. The van der Waals surface area contributed by atoms with Gasteiger partial charge in [0, 0.05) is 10.5 Å². The van der Waals surface area contributed by atoms with Crippen LogP contribution in [0, 0.1) is 0 Å². The van der Waals surface area contributed by atoms with E-state index in [1.807, 2.05) is 50.2 Å². The van der Waals surface area contributed by atoms with Gasteiger partial charge in [-0.05, 0) is 67.8 Å². The largest absolute Gasteiger partial charge is 0.494 e. The number of rotatable bonds is 11. The number of hydrogen-bond donors (Lipinski definition) is 1. The van der Waals surface area contributed by atoms with Crippen LogP contribution < -0.4 is 19.5 Å². The molecule has 0 fully saturated rings. The second-order valence-corrected chi connectivity index (χ2v) is 8.51. The molecule has 1 aliphatic heterocycles. The van der Waals surface area contributed by atoms with Crippen LogP contribution in [0.3, 0.4) is 0 Å². The number of hydrogen-bond acceptors (Lipinski definition) is 6. The molecule has 7 heteroatoms. The van der Waals surface area contributed by atoms with E-state index in [-0.39, 0.29) is 0 Å². The van der Waals surface area contributed by atoms with E-state index in [4.69, 9.17) is 18.9 Å². The Hall–Kier alpha value is -2.54. The van der Waals surface area contributed by atoms with Gasteiger partial charge in [0.15, 0.2) is 11.5 Å². The Labute approximate surface area is 188 Å². The van der Waals surface area contributed by atoms with Crippen molar-refractivity contribution >= 4 is 23.5 Å². The zero-order chi connectivity index (χ0) is 22.3. The Bertz CT molecular complexity index is 898. The summed E-state index contributed by atoms with van der Waals surface area (Å²) in [7, 11) is 3.29. The minimum absolute atomic E-state index is 0.392. The zero-order valence-electron chi connectivity index (χ0n) is 18.7. The molecule has 0 aliphatic carbocycles. The van der Waals surface area contributed by atoms with Crippen LogP contribution in [0.25, 0.3) is 0 Å². The number of fused-ring (bicyclic) bond motifs is 1. The van der Waals surface area contributed by atoms with Crippen LogP contribution in [-0.2, 0) is 10.3 Å². The number of nitrogens with one attached hydrogen (secondary N) is 1. The zero-order valence-corrected chi connectivity index (χ0v) is 19.5. The molecule has 0 atom stereocenters. The highest BCUT2D eigenvalue weighted by atomic mass is 32.2. The number of carbonyl (C=O) groups excluding carboxylic acids is 1. The molecular weight excluding hydrogens is 414 g/mol. The molecule has 1 heterocycles. The number of amides is 1. The maximum atomic E-state index is 11.9. The van der Waals surface area contributed by atoms with Crippen molar-refractivity contribution in [2.24, 2.45) is 0 Å². The fraction of sp³-hybridized carbons (Fsp3) is 0.458. The predicted octanol–water partition coefficient (Wildman–Crippen LogP) is 6.23. The molecular formula is C24H31NO5S. The first kappa shape index (κ1) is 23.1. The van der Waals surface area contributed by atoms with Gasteiger partial charge in [0.1, 0.15) is 11.4 Å². The second-order valence-electron chi connectivity index (χ2n) is 7.34. The molecule has 1 amide bonds. The number of unbranched alkanes of at least 4 members (excludes halogenated alkanes) is 1. The lowest BCUT2D eigenvalue weighted by atomic mass is 9.86. The first-order chi connectivity index (χ1) is 15.0. The summed E-state index contributed by atoms with van der Waals surface area (Å²) in [4.78, 5) is 13.1. The summed E-state index contributed by atoms with van der Waals surface area (Å²) in [5, 5.41) is 2.79. The molecule has 2 aromatic rings. The van der Waals surface area contributed by atoms with E-state index in [1.54, 1.807) is 26.0 Å². The molecule has 0 aromatic heterocycles. The van der Waals surface area contributed by atoms with E-state index in [0.717, 1.165) is 64.8 Å². The lowest BCUT2D eigenvalue weighted by molar-refractivity contribution is 0.00453. The summed E-state index contributed by atoms with van der Waals surface area (Å²) < 4.78 is 22.3. The van der Waals surface area contributed by atoms with E-state index in [1.165, 1.54) is 0 Å². The summed E-state index contributed by atoms with van der Waals surface area (Å²) in [5.74, 6) is 3.29. The van der Waals surface area contributed by atoms with Crippen molar-refractivity contribution in [1.29, 1.82) is 0 Å². The Morgan fingerprint density at radius 2 is 1.77 bits per heavy atom. The lowest BCUT2D eigenvalue weighted by Crippen LogP contribution is -2.38. The second kappa shape index (κ2) is 10.7. The molecule has 0 saturated carbocycles. The molecule has 0 unspecified atom stereocenters. The average molecular weight is 446 g/mol. The smallest absolute Gasteiger partial charge is 0.412 e. The Kier molecular flexibility index (Phi) is 7.96. The molecule has 1 N–H and O–H groups in total. The maximum absolute atomic E-state index is 11.9. The topological polar surface area (TPSA) is 66.0 Å². The third kappa shape index (κ3) is 5.39. The molecule has 6 nitrogen and oxygen atoms in total. The summed E-state index contributed by atoms with van der Waals surface area (Å²) in [6, 6.07) is 11.8. The van der Waals surface area contributed by atoms with E-state index in [2.05, 4.69) is 5.32 Å². The molecule has 31 heavy (non-hydrogen) atoms.